The second-order valence-electron chi connectivity index (χ2n) is 5.97. The Balaban J connectivity index is 1.78. The average Bonchev–Trinajstić information content (AvgIpc) is 3.02. The molecule has 2 nitrogen and oxygen atoms in total. The Morgan fingerprint density at radius 2 is 2.05 bits per heavy atom. The van der Waals surface area contributed by atoms with E-state index < -0.39 is 0 Å². The van der Waals surface area contributed by atoms with Crippen LogP contribution in [0.1, 0.15) is 36.9 Å². The van der Waals surface area contributed by atoms with Gasteiger partial charge in [0.25, 0.3) is 0 Å². The molecule has 1 heterocycles. The van der Waals surface area contributed by atoms with E-state index >= 15 is 0 Å². The molecular weight excluding hydrogens is 251 g/mol. The van der Waals surface area contributed by atoms with Crippen LogP contribution in [0.15, 0.2) is 18.2 Å². The molecule has 0 radical (unpaired) electrons. The van der Waals surface area contributed by atoms with Crippen molar-refractivity contribution in [2.45, 2.75) is 45.1 Å². The zero-order valence-electron chi connectivity index (χ0n) is 12.4. The highest BCUT2D eigenvalue weighted by molar-refractivity contribution is 5.85. The van der Waals surface area contributed by atoms with Gasteiger partial charge in [-0.25, -0.2) is 4.39 Å². The van der Waals surface area contributed by atoms with Crippen molar-refractivity contribution in [3.05, 3.63) is 35.3 Å². The Morgan fingerprint density at radius 3 is 2.80 bits per heavy atom. The molecule has 108 valence electrons. The number of aryl methyl sites for hydroxylation is 1. The quantitative estimate of drug-likeness (QED) is 0.899. The molecule has 20 heavy (non-hydrogen) atoms. The number of aromatic nitrogens is 1. The maximum absolute atomic E-state index is 13.4. The molecule has 0 unspecified atom stereocenters. The molecule has 1 N–H and O–H groups in total. The molecule has 0 spiro atoms. The number of hydrogen-bond donors (Lipinski definition) is 1. The molecule has 1 aromatic carbocycles. The number of nitrogens with one attached hydrogen (secondary N) is 1. The molecule has 1 aliphatic rings. The van der Waals surface area contributed by atoms with Crippen molar-refractivity contribution < 1.29 is 4.39 Å². The molecule has 1 fully saturated rings. The van der Waals surface area contributed by atoms with Gasteiger partial charge in [0, 0.05) is 24.2 Å². The molecular formula is C17H23FN2. The Bertz CT molecular complexity index is 609. The van der Waals surface area contributed by atoms with Gasteiger partial charge in [-0.2, -0.15) is 0 Å². The molecule has 0 aliphatic heterocycles. The highest BCUT2D eigenvalue weighted by Crippen LogP contribution is 2.26. The van der Waals surface area contributed by atoms with Crippen molar-refractivity contribution in [1.82, 2.24) is 9.88 Å². The van der Waals surface area contributed by atoms with Crippen LogP contribution in [-0.4, -0.2) is 17.2 Å². The van der Waals surface area contributed by atoms with Gasteiger partial charge in [-0.15, -0.1) is 0 Å². The molecule has 3 heteroatoms. The summed E-state index contributed by atoms with van der Waals surface area (Å²) >= 11 is 0. The number of fused-ring (bicyclic) bond motifs is 1. The van der Waals surface area contributed by atoms with Crippen molar-refractivity contribution in [3.8, 4) is 0 Å². The van der Waals surface area contributed by atoms with E-state index in [0.29, 0.717) is 6.04 Å². The maximum atomic E-state index is 13.4. The summed E-state index contributed by atoms with van der Waals surface area (Å²) < 4.78 is 15.5. The van der Waals surface area contributed by atoms with Crippen molar-refractivity contribution in [2.75, 3.05) is 6.54 Å². The van der Waals surface area contributed by atoms with Crippen LogP contribution in [0.3, 0.4) is 0 Å². The first-order valence-electron chi connectivity index (χ1n) is 7.63. The van der Waals surface area contributed by atoms with Gasteiger partial charge in [0.2, 0.25) is 0 Å². The van der Waals surface area contributed by atoms with Crippen molar-refractivity contribution >= 4 is 10.9 Å². The number of rotatable bonds is 4. The predicted octanol–water partition coefficient (Wildman–Crippen LogP) is 3.70. The zero-order chi connectivity index (χ0) is 14.1. The molecule has 0 atom stereocenters. The average molecular weight is 274 g/mol. The van der Waals surface area contributed by atoms with Crippen LogP contribution in [0.5, 0.6) is 0 Å². The van der Waals surface area contributed by atoms with Gasteiger partial charge in [0.05, 0.1) is 5.52 Å². The standard InChI is InChI=1S/C17H23FN2/c1-12-15(9-10-19-14-5-3-4-6-14)16-8-7-13(18)11-17(16)20(12)2/h7-8,11,14,19H,3-6,9-10H2,1-2H3. The van der Waals surface area contributed by atoms with Gasteiger partial charge in [0.15, 0.2) is 0 Å². The molecule has 2 aromatic rings. The fourth-order valence-corrected chi connectivity index (χ4v) is 3.46. The minimum atomic E-state index is -0.159. The van der Waals surface area contributed by atoms with Gasteiger partial charge in [-0.3, -0.25) is 0 Å². The van der Waals surface area contributed by atoms with E-state index in [9.17, 15) is 4.39 Å². The third-order valence-corrected chi connectivity index (χ3v) is 4.75. The first kappa shape index (κ1) is 13.6. The Labute approximate surface area is 120 Å². The smallest absolute Gasteiger partial charge is 0.125 e. The van der Waals surface area contributed by atoms with E-state index in [-0.39, 0.29) is 5.82 Å². The van der Waals surface area contributed by atoms with E-state index in [4.69, 9.17) is 0 Å². The first-order chi connectivity index (χ1) is 9.66. The monoisotopic (exact) mass is 274 g/mol. The Hall–Kier alpha value is -1.35. The maximum Gasteiger partial charge on any atom is 0.125 e. The highest BCUT2D eigenvalue weighted by atomic mass is 19.1. The van der Waals surface area contributed by atoms with Crippen LogP contribution in [0, 0.1) is 12.7 Å². The normalized spacial score (nSPS) is 16.4. The van der Waals surface area contributed by atoms with Crippen molar-refractivity contribution in [1.29, 1.82) is 0 Å². The predicted molar refractivity (Wildman–Crippen MR) is 81.6 cm³/mol. The lowest BCUT2D eigenvalue weighted by atomic mass is 10.1. The van der Waals surface area contributed by atoms with Crippen LogP contribution in [0.25, 0.3) is 10.9 Å². The molecule has 1 aliphatic carbocycles. The van der Waals surface area contributed by atoms with Crippen LogP contribution in [0.4, 0.5) is 4.39 Å². The lowest BCUT2D eigenvalue weighted by Crippen LogP contribution is -2.28. The summed E-state index contributed by atoms with van der Waals surface area (Å²) in [7, 11) is 2.02. The Morgan fingerprint density at radius 1 is 1.30 bits per heavy atom. The first-order valence-corrected chi connectivity index (χ1v) is 7.63. The summed E-state index contributed by atoms with van der Waals surface area (Å²) in [6.07, 6.45) is 6.39. The highest BCUT2D eigenvalue weighted by Gasteiger charge is 2.15. The summed E-state index contributed by atoms with van der Waals surface area (Å²) in [4.78, 5) is 0. The van der Waals surface area contributed by atoms with Crippen LogP contribution in [0.2, 0.25) is 0 Å². The van der Waals surface area contributed by atoms with Crippen LogP contribution in [-0.2, 0) is 13.5 Å². The molecule has 0 saturated heterocycles. The second kappa shape index (κ2) is 5.57. The third-order valence-electron chi connectivity index (χ3n) is 4.75. The van der Waals surface area contributed by atoms with E-state index in [1.165, 1.54) is 42.3 Å². The Kier molecular flexibility index (Phi) is 3.79. The molecule has 0 amide bonds. The lowest BCUT2D eigenvalue weighted by molar-refractivity contribution is 0.527. The van der Waals surface area contributed by atoms with Gasteiger partial charge in [-0.05, 0) is 56.5 Å². The van der Waals surface area contributed by atoms with Gasteiger partial charge >= 0.3 is 0 Å². The molecule has 0 bridgehead atoms. The van der Waals surface area contributed by atoms with E-state index in [2.05, 4.69) is 16.8 Å². The summed E-state index contributed by atoms with van der Waals surface area (Å²) in [5, 5.41) is 4.85. The lowest BCUT2D eigenvalue weighted by Gasteiger charge is -2.11. The fourth-order valence-electron chi connectivity index (χ4n) is 3.46. The number of benzene rings is 1. The fraction of sp³-hybridized carbons (Fsp3) is 0.529. The van der Waals surface area contributed by atoms with E-state index in [1.807, 2.05) is 13.1 Å². The minimum Gasteiger partial charge on any atom is -0.348 e. The van der Waals surface area contributed by atoms with Crippen LogP contribution >= 0.6 is 0 Å². The summed E-state index contributed by atoms with van der Waals surface area (Å²) in [5.41, 5.74) is 3.60. The number of nitrogens with zero attached hydrogens (tertiary/aromatic N) is 1. The zero-order valence-corrected chi connectivity index (χ0v) is 12.4. The van der Waals surface area contributed by atoms with Crippen LogP contribution < -0.4 is 5.32 Å². The topological polar surface area (TPSA) is 17.0 Å². The SMILES string of the molecule is Cc1c(CCNC2CCCC2)c2ccc(F)cc2n1C. The molecule has 1 saturated carbocycles. The molecule has 3 rings (SSSR count). The molecule has 1 aromatic heterocycles. The van der Waals surface area contributed by atoms with Gasteiger partial charge in [0.1, 0.15) is 5.82 Å². The summed E-state index contributed by atoms with van der Waals surface area (Å²) in [5.74, 6) is -0.159. The number of halogens is 1. The number of hydrogen-bond acceptors (Lipinski definition) is 1. The van der Waals surface area contributed by atoms with Gasteiger partial charge < -0.3 is 9.88 Å². The van der Waals surface area contributed by atoms with Gasteiger partial charge in [-0.1, -0.05) is 12.8 Å². The van der Waals surface area contributed by atoms with Crippen molar-refractivity contribution in [3.63, 3.8) is 0 Å². The van der Waals surface area contributed by atoms with E-state index in [1.54, 1.807) is 12.1 Å². The van der Waals surface area contributed by atoms with E-state index in [0.717, 1.165) is 18.5 Å². The van der Waals surface area contributed by atoms with Crippen molar-refractivity contribution in [2.24, 2.45) is 7.05 Å². The summed E-state index contributed by atoms with van der Waals surface area (Å²) in [6.45, 7) is 3.14. The summed E-state index contributed by atoms with van der Waals surface area (Å²) in [6, 6.07) is 5.83. The largest absolute Gasteiger partial charge is 0.348 e. The minimum absolute atomic E-state index is 0.159. The second-order valence-corrected chi connectivity index (χ2v) is 5.97. The third kappa shape index (κ3) is 2.47.